The van der Waals surface area contributed by atoms with Gasteiger partial charge in [0.2, 0.25) is 10.0 Å². The maximum Gasteiger partial charge on any atom is 0.294 e. The number of benzene rings is 2. The van der Waals surface area contributed by atoms with Crippen molar-refractivity contribution < 1.29 is 21.8 Å². The van der Waals surface area contributed by atoms with Crippen LogP contribution in [0, 0.1) is 17.0 Å². The summed E-state index contributed by atoms with van der Waals surface area (Å²) in [6.45, 7) is 2.52. The summed E-state index contributed by atoms with van der Waals surface area (Å²) in [6, 6.07) is 9.23. The minimum absolute atomic E-state index is 0.0522. The van der Waals surface area contributed by atoms with Crippen molar-refractivity contribution in [1.82, 2.24) is 4.31 Å². The molecule has 30 heavy (non-hydrogen) atoms. The molecule has 11 heteroatoms. The number of rotatable bonds is 6. The first-order valence-electron chi connectivity index (χ1n) is 9.49. The first kappa shape index (κ1) is 22.2. The topological polar surface area (TPSA) is 127 Å². The molecular weight excluding hydrogens is 430 g/mol. The molecule has 3 rings (SSSR count). The summed E-state index contributed by atoms with van der Waals surface area (Å²) in [5.74, 6) is 0. The van der Waals surface area contributed by atoms with E-state index in [1.54, 1.807) is 19.1 Å². The molecule has 0 saturated carbocycles. The summed E-state index contributed by atoms with van der Waals surface area (Å²) in [6.07, 6.45) is 3.34. The molecule has 1 aliphatic rings. The number of nitrogens with one attached hydrogen (secondary N) is 1. The minimum Gasteiger partial charge on any atom is -0.273 e. The van der Waals surface area contributed by atoms with Gasteiger partial charge in [0, 0.05) is 19.2 Å². The van der Waals surface area contributed by atoms with E-state index in [0.717, 1.165) is 43.4 Å². The lowest BCUT2D eigenvalue weighted by Crippen LogP contribution is -2.32. The number of nitro groups is 1. The predicted molar refractivity (Wildman–Crippen MR) is 112 cm³/mol. The average molecular weight is 454 g/mol. The van der Waals surface area contributed by atoms with Crippen LogP contribution in [-0.2, 0) is 20.0 Å². The van der Waals surface area contributed by atoms with E-state index < -0.39 is 30.7 Å². The van der Waals surface area contributed by atoms with Gasteiger partial charge in [0.05, 0.1) is 14.7 Å². The molecule has 0 bridgehead atoms. The monoisotopic (exact) mass is 453 g/mol. The summed E-state index contributed by atoms with van der Waals surface area (Å²) < 4.78 is 54.6. The van der Waals surface area contributed by atoms with Gasteiger partial charge >= 0.3 is 0 Å². The van der Waals surface area contributed by atoms with Crippen molar-refractivity contribution in [2.24, 2.45) is 0 Å². The van der Waals surface area contributed by atoms with Gasteiger partial charge in [-0.05, 0) is 44.0 Å². The number of nitro benzene ring substituents is 1. The number of sulfonamides is 2. The molecule has 0 atom stereocenters. The second-order valence-corrected chi connectivity index (χ2v) is 10.8. The maximum absolute atomic E-state index is 12.9. The van der Waals surface area contributed by atoms with Crippen molar-refractivity contribution in [3.05, 3.63) is 58.1 Å². The fourth-order valence-corrected chi connectivity index (χ4v) is 5.87. The molecule has 1 fully saturated rings. The molecule has 9 nitrogen and oxygen atoms in total. The molecule has 0 aliphatic carbocycles. The Bertz CT molecular complexity index is 1140. The SMILES string of the molecule is Cc1ccc(S(=O)(=O)Nc2ccc(S(=O)(=O)N3CCCCCC3)cc2[N+](=O)[O-])cc1. The highest BCUT2D eigenvalue weighted by molar-refractivity contribution is 7.92. The summed E-state index contributed by atoms with van der Waals surface area (Å²) >= 11 is 0. The van der Waals surface area contributed by atoms with Gasteiger partial charge in [-0.25, -0.2) is 16.8 Å². The van der Waals surface area contributed by atoms with Crippen LogP contribution in [0.3, 0.4) is 0 Å². The van der Waals surface area contributed by atoms with Crippen molar-refractivity contribution in [2.45, 2.75) is 42.4 Å². The Morgan fingerprint density at radius 1 is 0.900 bits per heavy atom. The molecule has 162 valence electrons. The van der Waals surface area contributed by atoms with E-state index in [1.807, 2.05) is 0 Å². The first-order valence-corrected chi connectivity index (χ1v) is 12.4. The standard InChI is InChI=1S/C19H23N3O6S2/c1-15-6-8-16(9-7-15)29(25,26)20-18-11-10-17(14-19(18)22(23)24)30(27,28)21-12-4-2-3-5-13-21/h6-11,14,20H,2-5,12-13H2,1H3. The number of aryl methyl sites for hydroxylation is 1. The van der Waals surface area contributed by atoms with E-state index in [4.69, 9.17) is 0 Å². The molecule has 2 aromatic rings. The zero-order valence-corrected chi connectivity index (χ0v) is 18.1. The normalized spacial score (nSPS) is 16.0. The number of nitrogens with zero attached hydrogens (tertiary/aromatic N) is 2. The van der Waals surface area contributed by atoms with Crippen LogP contribution in [0.25, 0.3) is 0 Å². The number of anilines is 1. The van der Waals surface area contributed by atoms with Crippen LogP contribution < -0.4 is 4.72 Å². The molecule has 1 aliphatic heterocycles. The number of hydrogen-bond acceptors (Lipinski definition) is 6. The fourth-order valence-electron chi connectivity index (χ4n) is 3.26. The average Bonchev–Trinajstić information content (AvgIpc) is 2.98. The molecule has 0 amide bonds. The molecule has 0 unspecified atom stereocenters. The van der Waals surface area contributed by atoms with Crippen molar-refractivity contribution >= 4 is 31.4 Å². The molecule has 1 saturated heterocycles. The van der Waals surface area contributed by atoms with Crippen molar-refractivity contribution in [1.29, 1.82) is 0 Å². The van der Waals surface area contributed by atoms with Gasteiger partial charge in [0.15, 0.2) is 0 Å². The first-order chi connectivity index (χ1) is 14.1. The highest BCUT2D eigenvalue weighted by atomic mass is 32.2. The minimum atomic E-state index is -4.07. The van der Waals surface area contributed by atoms with E-state index in [0.29, 0.717) is 13.1 Å². The summed E-state index contributed by atoms with van der Waals surface area (Å²) in [5, 5.41) is 11.6. The smallest absolute Gasteiger partial charge is 0.273 e. The lowest BCUT2D eigenvalue weighted by atomic mass is 10.2. The Morgan fingerprint density at radius 2 is 1.47 bits per heavy atom. The lowest BCUT2D eigenvalue weighted by Gasteiger charge is -2.20. The van der Waals surface area contributed by atoms with E-state index in [2.05, 4.69) is 4.72 Å². The van der Waals surface area contributed by atoms with E-state index in [9.17, 15) is 26.9 Å². The Balaban J connectivity index is 1.96. The molecule has 1 heterocycles. The Labute approximate surface area is 176 Å². The van der Waals surface area contributed by atoms with Crippen LogP contribution in [0.1, 0.15) is 31.2 Å². The summed E-state index contributed by atoms with van der Waals surface area (Å²) in [4.78, 5) is 10.5. The van der Waals surface area contributed by atoms with Gasteiger partial charge in [-0.15, -0.1) is 0 Å². The molecule has 0 aromatic heterocycles. The van der Waals surface area contributed by atoms with Crippen LogP contribution >= 0.6 is 0 Å². The quantitative estimate of drug-likeness (QED) is 0.528. The van der Waals surface area contributed by atoms with Gasteiger partial charge in [-0.3, -0.25) is 14.8 Å². The van der Waals surface area contributed by atoms with Crippen molar-refractivity contribution in [3.8, 4) is 0 Å². The Morgan fingerprint density at radius 3 is 2.03 bits per heavy atom. The van der Waals surface area contributed by atoms with Gasteiger partial charge in [-0.2, -0.15) is 4.31 Å². The Hall–Kier alpha value is -2.50. The molecule has 0 spiro atoms. The maximum atomic E-state index is 12.9. The Kier molecular flexibility index (Phi) is 6.44. The van der Waals surface area contributed by atoms with Crippen LogP contribution in [0.15, 0.2) is 52.3 Å². The third kappa shape index (κ3) is 4.79. The second kappa shape index (κ2) is 8.70. The third-order valence-electron chi connectivity index (χ3n) is 4.94. The third-order valence-corrected chi connectivity index (χ3v) is 8.22. The van der Waals surface area contributed by atoms with Crippen LogP contribution in [0.5, 0.6) is 0 Å². The van der Waals surface area contributed by atoms with E-state index in [1.165, 1.54) is 22.5 Å². The predicted octanol–water partition coefficient (Wildman–Crippen LogP) is 3.27. The fraction of sp³-hybridized carbons (Fsp3) is 0.368. The van der Waals surface area contributed by atoms with Gasteiger partial charge in [0.25, 0.3) is 15.7 Å². The van der Waals surface area contributed by atoms with E-state index in [-0.39, 0.29) is 15.5 Å². The van der Waals surface area contributed by atoms with E-state index >= 15 is 0 Å². The summed E-state index contributed by atoms with van der Waals surface area (Å²) in [7, 11) is -7.98. The number of hydrogen-bond donors (Lipinski definition) is 1. The second-order valence-electron chi connectivity index (χ2n) is 7.17. The summed E-state index contributed by atoms with van der Waals surface area (Å²) in [5.41, 5.74) is -0.0556. The van der Waals surface area contributed by atoms with Crippen molar-refractivity contribution in [2.75, 3.05) is 17.8 Å². The highest BCUT2D eigenvalue weighted by Crippen LogP contribution is 2.31. The van der Waals surface area contributed by atoms with Crippen LogP contribution in [0.4, 0.5) is 11.4 Å². The van der Waals surface area contributed by atoms with Gasteiger partial charge in [-0.1, -0.05) is 30.5 Å². The molecule has 1 N–H and O–H groups in total. The van der Waals surface area contributed by atoms with Crippen molar-refractivity contribution in [3.63, 3.8) is 0 Å². The largest absolute Gasteiger partial charge is 0.294 e. The van der Waals surface area contributed by atoms with Crippen LogP contribution in [0.2, 0.25) is 0 Å². The zero-order valence-electron chi connectivity index (χ0n) is 16.4. The molecule has 0 radical (unpaired) electrons. The molecular formula is C19H23N3O6S2. The van der Waals surface area contributed by atoms with Gasteiger partial charge in [0.1, 0.15) is 5.69 Å². The van der Waals surface area contributed by atoms with Crippen LogP contribution in [-0.4, -0.2) is 39.2 Å². The molecule has 2 aromatic carbocycles. The van der Waals surface area contributed by atoms with Gasteiger partial charge < -0.3 is 0 Å². The highest BCUT2D eigenvalue weighted by Gasteiger charge is 2.29. The zero-order chi connectivity index (χ0) is 21.9. The lowest BCUT2D eigenvalue weighted by molar-refractivity contribution is -0.384.